The number of aromatic nitrogens is 2. The van der Waals surface area contributed by atoms with Crippen LogP contribution in [-0.4, -0.2) is 28.4 Å². The Morgan fingerprint density at radius 2 is 2.35 bits per heavy atom. The van der Waals surface area contributed by atoms with Crippen molar-refractivity contribution in [3.05, 3.63) is 28.4 Å². The van der Waals surface area contributed by atoms with Crippen LogP contribution in [-0.2, 0) is 11.3 Å². The van der Waals surface area contributed by atoms with Crippen molar-refractivity contribution in [2.45, 2.75) is 31.9 Å². The third-order valence-corrected chi connectivity index (χ3v) is 4.09. The van der Waals surface area contributed by atoms with E-state index in [0.29, 0.717) is 12.2 Å². The lowest BCUT2D eigenvalue weighted by Crippen LogP contribution is -2.25. The van der Waals surface area contributed by atoms with Crippen LogP contribution in [0.2, 0.25) is 0 Å². The highest BCUT2D eigenvalue weighted by atomic mass is 79.9. The second-order valence-electron chi connectivity index (χ2n) is 5.05. The lowest BCUT2D eigenvalue weighted by molar-refractivity contribution is 0.00467. The first-order valence-electron chi connectivity index (χ1n) is 6.72. The Morgan fingerprint density at radius 3 is 3.05 bits per heavy atom. The molecule has 0 bridgehead atoms. The van der Waals surface area contributed by atoms with E-state index in [-0.39, 0.29) is 6.10 Å². The van der Waals surface area contributed by atoms with E-state index in [9.17, 15) is 4.79 Å². The standard InChI is InChI=1S/C14H16BrN3O2/c15-9-4-5-12-11(7-9)13(14(16)19)17-18(12)8-10-3-1-2-6-20-10/h4-5,7,10H,1-3,6,8H2,(H2,16,19). The number of benzene rings is 1. The molecule has 1 atom stereocenters. The minimum Gasteiger partial charge on any atom is -0.376 e. The van der Waals surface area contributed by atoms with Gasteiger partial charge < -0.3 is 10.5 Å². The molecule has 1 saturated heterocycles. The lowest BCUT2D eigenvalue weighted by atomic mass is 10.1. The molecule has 1 fully saturated rings. The Bertz CT molecular complexity index is 647. The molecule has 0 radical (unpaired) electrons. The summed E-state index contributed by atoms with van der Waals surface area (Å²) in [5, 5.41) is 5.15. The van der Waals surface area contributed by atoms with Gasteiger partial charge in [-0.1, -0.05) is 15.9 Å². The van der Waals surface area contributed by atoms with Gasteiger partial charge in [0.15, 0.2) is 5.69 Å². The van der Waals surface area contributed by atoms with Crippen LogP contribution < -0.4 is 5.73 Å². The molecule has 1 aromatic heterocycles. The highest BCUT2D eigenvalue weighted by Gasteiger charge is 2.19. The zero-order valence-electron chi connectivity index (χ0n) is 11.0. The number of ether oxygens (including phenoxy) is 1. The predicted octanol–water partition coefficient (Wildman–Crippen LogP) is 2.47. The number of carbonyl (C=O) groups excluding carboxylic acids is 1. The Hall–Kier alpha value is -1.40. The van der Waals surface area contributed by atoms with Gasteiger partial charge in [-0.05, 0) is 37.5 Å². The topological polar surface area (TPSA) is 70.1 Å². The van der Waals surface area contributed by atoms with Gasteiger partial charge in [0, 0.05) is 16.5 Å². The number of carbonyl (C=O) groups is 1. The van der Waals surface area contributed by atoms with Gasteiger partial charge in [-0.2, -0.15) is 5.10 Å². The number of hydrogen-bond acceptors (Lipinski definition) is 3. The van der Waals surface area contributed by atoms with Crippen LogP contribution in [0.5, 0.6) is 0 Å². The molecule has 2 aromatic rings. The summed E-state index contributed by atoms with van der Waals surface area (Å²) in [5.74, 6) is -0.503. The number of primary amides is 1. The van der Waals surface area contributed by atoms with Crippen molar-refractivity contribution in [2.24, 2.45) is 5.73 Å². The van der Waals surface area contributed by atoms with Gasteiger partial charge in [0.25, 0.3) is 5.91 Å². The van der Waals surface area contributed by atoms with Crippen molar-refractivity contribution in [3.63, 3.8) is 0 Å². The monoisotopic (exact) mass is 337 g/mol. The fourth-order valence-electron chi connectivity index (χ4n) is 2.62. The molecule has 20 heavy (non-hydrogen) atoms. The summed E-state index contributed by atoms with van der Waals surface area (Å²) in [4.78, 5) is 11.5. The van der Waals surface area contributed by atoms with Crippen LogP contribution in [0.1, 0.15) is 29.8 Å². The van der Waals surface area contributed by atoms with E-state index < -0.39 is 5.91 Å². The molecule has 1 aliphatic heterocycles. The van der Waals surface area contributed by atoms with Crippen LogP contribution in [0.4, 0.5) is 0 Å². The van der Waals surface area contributed by atoms with E-state index >= 15 is 0 Å². The number of nitrogens with two attached hydrogens (primary N) is 1. The number of halogens is 1. The summed E-state index contributed by atoms with van der Waals surface area (Å²) in [5.41, 5.74) is 6.64. The molecule has 0 spiro atoms. The SMILES string of the molecule is NC(=O)c1nn(CC2CCCCO2)c2ccc(Br)cc12. The highest BCUT2D eigenvalue weighted by Crippen LogP contribution is 2.24. The molecular formula is C14H16BrN3O2. The summed E-state index contributed by atoms with van der Waals surface area (Å²) in [6.45, 7) is 1.46. The molecule has 1 amide bonds. The molecule has 2 N–H and O–H groups in total. The van der Waals surface area contributed by atoms with Gasteiger partial charge in [-0.15, -0.1) is 0 Å². The van der Waals surface area contributed by atoms with Crippen LogP contribution in [0.25, 0.3) is 10.9 Å². The molecule has 0 aliphatic carbocycles. The molecule has 0 saturated carbocycles. The first-order chi connectivity index (χ1) is 9.65. The second-order valence-corrected chi connectivity index (χ2v) is 5.96. The van der Waals surface area contributed by atoms with Gasteiger partial charge in [0.05, 0.1) is 18.2 Å². The van der Waals surface area contributed by atoms with Crippen LogP contribution in [0.15, 0.2) is 22.7 Å². The van der Waals surface area contributed by atoms with E-state index in [2.05, 4.69) is 21.0 Å². The molecule has 1 aliphatic rings. The molecule has 3 rings (SSSR count). The Balaban J connectivity index is 1.99. The van der Waals surface area contributed by atoms with Gasteiger partial charge in [0.1, 0.15) is 0 Å². The summed E-state index contributed by atoms with van der Waals surface area (Å²) < 4.78 is 8.47. The number of amides is 1. The Kier molecular flexibility index (Phi) is 3.76. The van der Waals surface area contributed by atoms with Crippen molar-refractivity contribution >= 4 is 32.7 Å². The Labute approximate surface area is 125 Å². The van der Waals surface area contributed by atoms with Crippen LogP contribution >= 0.6 is 15.9 Å². The molecule has 2 heterocycles. The zero-order chi connectivity index (χ0) is 14.1. The van der Waals surface area contributed by atoms with E-state index in [4.69, 9.17) is 10.5 Å². The fraction of sp³-hybridized carbons (Fsp3) is 0.429. The van der Waals surface area contributed by atoms with Gasteiger partial charge in [0.2, 0.25) is 0 Å². The number of fused-ring (bicyclic) bond motifs is 1. The largest absolute Gasteiger partial charge is 0.376 e. The van der Waals surface area contributed by atoms with Crippen molar-refractivity contribution in [1.29, 1.82) is 0 Å². The summed E-state index contributed by atoms with van der Waals surface area (Å²) in [6, 6.07) is 5.76. The normalized spacial score (nSPS) is 19.4. The minimum absolute atomic E-state index is 0.163. The van der Waals surface area contributed by atoms with Crippen molar-refractivity contribution in [3.8, 4) is 0 Å². The van der Waals surface area contributed by atoms with Gasteiger partial charge >= 0.3 is 0 Å². The maximum absolute atomic E-state index is 11.5. The van der Waals surface area contributed by atoms with Crippen LogP contribution in [0, 0.1) is 0 Å². The molecule has 1 unspecified atom stereocenters. The maximum Gasteiger partial charge on any atom is 0.269 e. The molecular weight excluding hydrogens is 322 g/mol. The maximum atomic E-state index is 11.5. The smallest absolute Gasteiger partial charge is 0.269 e. The minimum atomic E-state index is -0.503. The van der Waals surface area contributed by atoms with Crippen molar-refractivity contribution in [2.75, 3.05) is 6.61 Å². The van der Waals surface area contributed by atoms with E-state index in [1.807, 2.05) is 22.9 Å². The van der Waals surface area contributed by atoms with E-state index in [1.54, 1.807) is 0 Å². The first kappa shape index (κ1) is 13.6. The van der Waals surface area contributed by atoms with E-state index in [0.717, 1.165) is 34.8 Å². The number of rotatable bonds is 3. The summed E-state index contributed by atoms with van der Waals surface area (Å²) >= 11 is 3.41. The third kappa shape index (κ3) is 2.58. The van der Waals surface area contributed by atoms with Crippen molar-refractivity contribution < 1.29 is 9.53 Å². The van der Waals surface area contributed by atoms with E-state index in [1.165, 1.54) is 6.42 Å². The zero-order valence-corrected chi connectivity index (χ0v) is 12.6. The highest BCUT2D eigenvalue weighted by molar-refractivity contribution is 9.10. The van der Waals surface area contributed by atoms with Gasteiger partial charge in [-0.3, -0.25) is 9.48 Å². The quantitative estimate of drug-likeness (QED) is 0.935. The van der Waals surface area contributed by atoms with Gasteiger partial charge in [-0.25, -0.2) is 0 Å². The molecule has 1 aromatic carbocycles. The van der Waals surface area contributed by atoms with Crippen molar-refractivity contribution in [1.82, 2.24) is 9.78 Å². The molecule has 5 nitrogen and oxygen atoms in total. The Morgan fingerprint density at radius 1 is 1.50 bits per heavy atom. The van der Waals surface area contributed by atoms with Crippen LogP contribution in [0.3, 0.4) is 0 Å². The molecule has 6 heteroatoms. The lowest BCUT2D eigenvalue weighted by Gasteiger charge is -2.22. The number of hydrogen-bond donors (Lipinski definition) is 1. The average molecular weight is 338 g/mol. The predicted molar refractivity (Wildman–Crippen MR) is 79.5 cm³/mol. The average Bonchev–Trinajstić information content (AvgIpc) is 2.78. The fourth-order valence-corrected chi connectivity index (χ4v) is 2.98. The summed E-state index contributed by atoms with van der Waals surface area (Å²) in [7, 11) is 0. The first-order valence-corrected chi connectivity index (χ1v) is 7.52. The molecule has 106 valence electrons. The summed E-state index contributed by atoms with van der Waals surface area (Å²) in [6.07, 6.45) is 3.49. The third-order valence-electron chi connectivity index (χ3n) is 3.60. The second kappa shape index (κ2) is 5.54. The number of nitrogens with zero attached hydrogens (tertiary/aromatic N) is 2.